The molecule has 0 aliphatic rings. The molecule has 0 unspecified atom stereocenters. The summed E-state index contributed by atoms with van der Waals surface area (Å²) in [6.45, 7) is 9.55. The maximum atomic E-state index is 8.40. The van der Waals surface area contributed by atoms with Crippen LogP contribution in [-0.4, -0.2) is 18.6 Å². The summed E-state index contributed by atoms with van der Waals surface area (Å²) in [5.41, 5.74) is 0. The second kappa shape index (κ2) is 5.15. The Bertz CT molecular complexity index is 125. The van der Waals surface area contributed by atoms with Gasteiger partial charge in [-0.2, -0.15) is 10.2 Å². The highest BCUT2D eigenvalue weighted by molar-refractivity contribution is 4.79. The van der Waals surface area contributed by atoms with Crippen LogP contribution in [0.5, 0.6) is 0 Å². The van der Waals surface area contributed by atoms with Crippen LogP contribution in [0.3, 0.4) is 0 Å². The average molecular weight is 154 g/mol. The number of nitrogens with zero attached hydrogens (tertiary/aromatic N) is 2. The molecule has 2 heteroatoms. The van der Waals surface area contributed by atoms with E-state index in [4.69, 9.17) is 5.26 Å². The Kier molecular flexibility index (Phi) is 4.89. The van der Waals surface area contributed by atoms with Crippen molar-refractivity contribution >= 4 is 0 Å². The zero-order valence-electron chi connectivity index (χ0n) is 7.96. The van der Waals surface area contributed by atoms with Gasteiger partial charge in [0, 0.05) is 0 Å². The smallest absolute Gasteiger partial charge is 0.136 e. The van der Waals surface area contributed by atoms with Crippen molar-refractivity contribution < 1.29 is 0 Å². The van der Waals surface area contributed by atoms with Gasteiger partial charge in [0.15, 0.2) is 0 Å². The van der Waals surface area contributed by atoms with E-state index in [1.54, 1.807) is 0 Å². The zero-order valence-corrected chi connectivity index (χ0v) is 7.96. The summed E-state index contributed by atoms with van der Waals surface area (Å²) in [6.07, 6.45) is 0.635. The topological polar surface area (TPSA) is 29.7 Å². The van der Waals surface area contributed by atoms with Gasteiger partial charge in [-0.3, -0.25) is 0 Å². The van der Waals surface area contributed by atoms with Crippen molar-refractivity contribution in [3.63, 3.8) is 0 Å². The molecule has 11 heavy (non-hydrogen) atoms. The molecule has 0 rings (SSSR count). The molecule has 0 aromatic rings. The second-order valence-corrected chi connectivity index (χ2v) is 3.33. The molecule has 0 aliphatic heterocycles. The number of rotatable bonds is 4. The van der Waals surface area contributed by atoms with Gasteiger partial charge < -0.3 is 0 Å². The summed E-state index contributed by atoms with van der Waals surface area (Å²) in [7, 11) is 0. The van der Waals surface area contributed by atoms with E-state index in [1.807, 2.05) is 0 Å². The molecule has 0 aromatic carbocycles. The summed E-state index contributed by atoms with van der Waals surface area (Å²) in [4.78, 5) is 2.32. The van der Waals surface area contributed by atoms with E-state index >= 15 is 0 Å². The highest BCUT2D eigenvalue weighted by atomic mass is 15.2. The molecule has 0 aromatic heterocycles. The predicted molar refractivity (Wildman–Crippen MR) is 47.5 cm³/mol. The minimum atomic E-state index is 0.545. The van der Waals surface area contributed by atoms with E-state index in [1.165, 1.54) is 0 Å². The molecule has 63 valence electrons. The lowest BCUT2D eigenvalue weighted by Gasteiger charge is -2.18. The van der Waals surface area contributed by atoms with Crippen molar-refractivity contribution in [2.75, 3.05) is 6.54 Å². The van der Waals surface area contributed by atoms with E-state index in [-0.39, 0.29) is 0 Å². The standard InChI is InChI=1S/C9H18N2/c1-8(2)11(9(3)4)7-5-6-10/h8-9H,5,7H2,1-4H3/q+1. The van der Waals surface area contributed by atoms with Crippen LogP contribution in [0, 0.1) is 11.3 Å². The van der Waals surface area contributed by atoms with Crippen molar-refractivity contribution in [3.8, 4) is 6.07 Å². The Morgan fingerprint density at radius 3 is 1.91 bits per heavy atom. The molecule has 2 nitrogen and oxygen atoms in total. The van der Waals surface area contributed by atoms with Crippen molar-refractivity contribution in [1.82, 2.24) is 4.90 Å². The zero-order chi connectivity index (χ0) is 8.85. The van der Waals surface area contributed by atoms with Crippen LogP contribution in [0.2, 0.25) is 0 Å². The van der Waals surface area contributed by atoms with Crippen molar-refractivity contribution in [2.45, 2.75) is 46.2 Å². The van der Waals surface area contributed by atoms with Gasteiger partial charge in [0.1, 0.15) is 18.6 Å². The maximum Gasteiger partial charge on any atom is 0.136 e. The summed E-state index contributed by atoms with van der Waals surface area (Å²) < 4.78 is 0. The maximum absolute atomic E-state index is 8.40. The third-order valence-corrected chi connectivity index (χ3v) is 1.81. The van der Waals surface area contributed by atoms with E-state index in [9.17, 15) is 0 Å². The van der Waals surface area contributed by atoms with Crippen LogP contribution in [-0.2, 0) is 0 Å². The van der Waals surface area contributed by atoms with E-state index in [0.717, 1.165) is 6.54 Å². The minimum Gasteiger partial charge on any atom is -0.198 e. The SMILES string of the molecule is CC(C)[N+](CCC#N)C(C)C. The number of hydrogen-bond acceptors (Lipinski definition) is 2. The molecule has 0 spiro atoms. The Morgan fingerprint density at radius 2 is 1.64 bits per heavy atom. The van der Waals surface area contributed by atoms with Gasteiger partial charge in [-0.05, 0) is 27.7 Å². The molecule has 1 radical (unpaired) electrons. The summed E-state index contributed by atoms with van der Waals surface area (Å²) in [5, 5.41) is 8.40. The first-order valence-corrected chi connectivity index (χ1v) is 4.22. The third kappa shape index (κ3) is 4.00. The third-order valence-electron chi connectivity index (χ3n) is 1.81. The Morgan fingerprint density at radius 1 is 1.18 bits per heavy atom. The van der Waals surface area contributed by atoms with Gasteiger partial charge in [0.2, 0.25) is 0 Å². The Balaban J connectivity index is 3.82. The normalized spacial score (nSPS) is 11.1. The highest BCUT2D eigenvalue weighted by Gasteiger charge is 2.22. The summed E-state index contributed by atoms with van der Waals surface area (Å²) in [5.74, 6) is 0. The second-order valence-electron chi connectivity index (χ2n) is 3.33. The summed E-state index contributed by atoms with van der Waals surface area (Å²) >= 11 is 0. The fourth-order valence-electron chi connectivity index (χ4n) is 1.29. The van der Waals surface area contributed by atoms with Crippen molar-refractivity contribution in [2.24, 2.45) is 0 Å². The molecule has 0 saturated heterocycles. The molecule has 0 N–H and O–H groups in total. The first-order chi connectivity index (χ1) is 5.09. The quantitative estimate of drug-likeness (QED) is 0.568. The van der Waals surface area contributed by atoms with Gasteiger partial charge in [-0.25, -0.2) is 0 Å². The van der Waals surface area contributed by atoms with Crippen LogP contribution < -0.4 is 4.90 Å². The highest BCUT2D eigenvalue weighted by Crippen LogP contribution is 2.00. The molecule has 0 aliphatic carbocycles. The van der Waals surface area contributed by atoms with Crippen molar-refractivity contribution in [3.05, 3.63) is 0 Å². The predicted octanol–water partition coefficient (Wildman–Crippen LogP) is 1.86. The van der Waals surface area contributed by atoms with Gasteiger partial charge in [-0.15, -0.1) is 0 Å². The van der Waals surface area contributed by atoms with Crippen LogP contribution >= 0.6 is 0 Å². The minimum absolute atomic E-state index is 0.545. The number of hydrogen-bond donors (Lipinski definition) is 0. The van der Waals surface area contributed by atoms with Crippen molar-refractivity contribution in [1.29, 1.82) is 5.26 Å². The molecular weight excluding hydrogens is 136 g/mol. The van der Waals surface area contributed by atoms with Crippen LogP contribution in [0.25, 0.3) is 0 Å². The van der Waals surface area contributed by atoms with Crippen LogP contribution in [0.15, 0.2) is 0 Å². The van der Waals surface area contributed by atoms with Crippen LogP contribution in [0.4, 0.5) is 0 Å². The lowest BCUT2D eigenvalue weighted by Crippen LogP contribution is -2.43. The Hall–Kier alpha value is -0.550. The largest absolute Gasteiger partial charge is 0.198 e. The molecule has 0 fully saturated rings. The molecular formula is C9H18N2+. The monoisotopic (exact) mass is 154 g/mol. The first kappa shape index (κ1) is 10.4. The van der Waals surface area contributed by atoms with Gasteiger partial charge in [-0.1, -0.05) is 0 Å². The fourth-order valence-corrected chi connectivity index (χ4v) is 1.29. The molecule has 0 heterocycles. The van der Waals surface area contributed by atoms with E-state index in [2.05, 4.69) is 38.7 Å². The number of nitriles is 1. The lowest BCUT2D eigenvalue weighted by molar-refractivity contribution is 0.302. The lowest BCUT2D eigenvalue weighted by atomic mass is 10.2. The molecule has 0 atom stereocenters. The van der Waals surface area contributed by atoms with Gasteiger partial charge in [0.25, 0.3) is 0 Å². The van der Waals surface area contributed by atoms with Crippen LogP contribution in [0.1, 0.15) is 34.1 Å². The average Bonchev–Trinajstić information content (AvgIpc) is 1.87. The van der Waals surface area contributed by atoms with E-state index < -0.39 is 0 Å². The molecule has 0 amide bonds. The molecule has 0 bridgehead atoms. The van der Waals surface area contributed by atoms with E-state index in [0.29, 0.717) is 18.5 Å². The van der Waals surface area contributed by atoms with Gasteiger partial charge >= 0.3 is 0 Å². The first-order valence-electron chi connectivity index (χ1n) is 4.22. The summed E-state index contributed by atoms with van der Waals surface area (Å²) in [6, 6.07) is 3.26. The van der Waals surface area contributed by atoms with Gasteiger partial charge in [0.05, 0.1) is 12.5 Å². The molecule has 0 saturated carbocycles. The Labute approximate surface area is 69.8 Å². The fraction of sp³-hybridized carbons (Fsp3) is 0.889.